The van der Waals surface area contributed by atoms with Crippen LogP contribution in [0.2, 0.25) is 0 Å². The Morgan fingerprint density at radius 2 is 1.48 bits per heavy atom. The zero-order valence-electron chi connectivity index (χ0n) is 14.3. The van der Waals surface area contributed by atoms with Crippen LogP contribution in [-0.2, 0) is 16.4 Å². The average Bonchev–Trinajstić information content (AvgIpc) is 2.67. The summed E-state index contributed by atoms with van der Waals surface area (Å²) < 4.78 is 29.2. The Hall–Kier alpha value is -3.09. The molecule has 4 rings (SSSR count). The summed E-state index contributed by atoms with van der Waals surface area (Å²) in [5.41, 5.74) is 3.69. The van der Waals surface area contributed by atoms with Crippen molar-refractivity contribution in [2.45, 2.75) is 11.3 Å². The van der Waals surface area contributed by atoms with Gasteiger partial charge in [-0.25, -0.2) is 13.6 Å². The van der Waals surface area contributed by atoms with E-state index in [4.69, 9.17) is 9.88 Å². The molecule has 0 unspecified atom stereocenters. The van der Waals surface area contributed by atoms with Crippen LogP contribution in [0.25, 0.3) is 11.3 Å². The van der Waals surface area contributed by atoms with Crippen molar-refractivity contribution >= 4 is 21.4 Å². The summed E-state index contributed by atoms with van der Waals surface area (Å²) in [5.74, 6) is 1.61. The van der Waals surface area contributed by atoms with Gasteiger partial charge in [0, 0.05) is 17.6 Å². The molecule has 5 nitrogen and oxygen atoms in total. The first-order chi connectivity index (χ1) is 12.9. The Morgan fingerprint density at radius 3 is 2.15 bits per heavy atom. The highest BCUT2D eigenvalue weighted by Gasteiger charge is 2.22. The van der Waals surface area contributed by atoms with Crippen molar-refractivity contribution < 1.29 is 18.3 Å². The number of nitrogens with two attached hydrogens (primary N) is 1. The van der Waals surface area contributed by atoms with Gasteiger partial charge in [-0.1, -0.05) is 30.3 Å². The number of para-hydroxylation sites is 1. The second-order valence-electron chi connectivity index (χ2n) is 6.31. The molecular formula is C21H17NO4S. The lowest BCUT2D eigenvalue weighted by Gasteiger charge is -2.24. The maximum atomic E-state index is 11.5. The number of benzene rings is 3. The minimum absolute atomic E-state index is 0.0502. The number of hydrogen-bond donors (Lipinski definition) is 2. The number of allylic oxidation sites excluding steroid dienone is 1. The number of rotatable bonds is 3. The van der Waals surface area contributed by atoms with Gasteiger partial charge in [-0.2, -0.15) is 0 Å². The zero-order valence-corrected chi connectivity index (χ0v) is 15.1. The summed E-state index contributed by atoms with van der Waals surface area (Å²) >= 11 is 0. The minimum atomic E-state index is -3.75. The van der Waals surface area contributed by atoms with Crippen LogP contribution in [0.5, 0.6) is 11.5 Å². The number of ether oxygens (including phenoxy) is 1. The van der Waals surface area contributed by atoms with E-state index in [1.807, 2.05) is 36.4 Å². The Kier molecular flexibility index (Phi) is 4.22. The Balaban J connectivity index is 1.85. The number of phenolic OH excluding ortho intramolecular Hbond substituents is 1. The van der Waals surface area contributed by atoms with E-state index in [1.54, 1.807) is 24.3 Å². The summed E-state index contributed by atoms with van der Waals surface area (Å²) in [5, 5.41) is 14.8. The van der Waals surface area contributed by atoms with Crippen LogP contribution < -0.4 is 9.88 Å². The summed E-state index contributed by atoms with van der Waals surface area (Å²) in [6, 6.07) is 21.0. The first-order valence-electron chi connectivity index (χ1n) is 8.33. The lowest BCUT2D eigenvalue weighted by molar-refractivity contribution is 0.475. The molecule has 0 saturated heterocycles. The number of fused-ring (bicyclic) bond motifs is 1. The van der Waals surface area contributed by atoms with Crippen molar-refractivity contribution in [3.63, 3.8) is 0 Å². The smallest absolute Gasteiger partial charge is 0.238 e. The second-order valence-corrected chi connectivity index (χ2v) is 7.87. The van der Waals surface area contributed by atoms with Crippen molar-refractivity contribution in [1.82, 2.24) is 0 Å². The van der Waals surface area contributed by atoms with Gasteiger partial charge in [0.15, 0.2) is 0 Å². The first kappa shape index (κ1) is 17.3. The molecule has 0 fully saturated rings. The summed E-state index contributed by atoms with van der Waals surface area (Å²) in [6.45, 7) is 0. The van der Waals surface area contributed by atoms with E-state index in [2.05, 4.69) is 0 Å². The van der Waals surface area contributed by atoms with E-state index < -0.39 is 10.0 Å². The van der Waals surface area contributed by atoms with Gasteiger partial charge >= 0.3 is 0 Å². The molecule has 136 valence electrons. The highest BCUT2D eigenvalue weighted by molar-refractivity contribution is 7.89. The predicted octanol–water partition coefficient (Wildman–Crippen LogP) is 3.54. The molecule has 1 heterocycles. The molecule has 0 spiro atoms. The van der Waals surface area contributed by atoms with Crippen LogP contribution in [0.3, 0.4) is 0 Å². The molecule has 1 aliphatic rings. The third kappa shape index (κ3) is 3.45. The summed E-state index contributed by atoms with van der Waals surface area (Å²) in [4.78, 5) is 0.0502. The molecule has 6 heteroatoms. The monoisotopic (exact) mass is 379 g/mol. The van der Waals surface area contributed by atoms with Gasteiger partial charge in [0.05, 0.1) is 4.90 Å². The minimum Gasteiger partial charge on any atom is -0.508 e. The number of aromatic hydroxyl groups is 1. The lowest BCUT2D eigenvalue weighted by atomic mass is 9.92. The summed E-state index contributed by atoms with van der Waals surface area (Å²) in [7, 11) is -3.75. The number of hydrogen-bond acceptors (Lipinski definition) is 4. The van der Waals surface area contributed by atoms with Crippen molar-refractivity contribution in [2.24, 2.45) is 5.14 Å². The third-order valence-corrected chi connectivity index (χ3v) is 5.42. The predicted molar refractivity (Wildman–Crippen MR) is 104 cm³/mol. The molecule has 3 aromatic rings. The third-order valence-electron chi connectivity index (χ3n) is 4.49. The summed E-state index contributed by atoms with van der Waals surface area (Å²) in [6.07, 6.45) is 0.660. The molecule has 27 heavy (non-hydrogen) atoms. The van der Waals surface area contributed by atoms with Crippen molar-refractivity contribution in [3.8, 4) is 11.5 Å². The molecule has 1 aliphatic heterocycles. The van der Waals surface area contributed by atoms with E-state index in [9.17, 15) is 13.5 Å². The van der Waals surface area contributed by atoms with Gasteiger partial charge in [-0.15, -0.1) is 0 Å². The molecular weight excluding hydrogens is 362 g/mol. The number of sulfonamides is 1. The van der Waals surface area contributed by atoms with Gasteiger partial charge in [-0.3, -0.25) is 0 Å². The standard InChI is InChI=1S/C21H17NO4S/c22-27(24,25)18-11-7-15(8-12-18)21-19(14-5-9-17(23)10-6-14)13-16-3-1-2-4-20(16)26-21/h1-12,23H,13H2,(H2,22,24,25). The fraction of sp³-hybridized carbons (Fsp3) is 0.0476. The Bertz CT molecular complexity index is 1130. The van der Waals surface area contributed by atoms with E-state index in [0.29, 0.717) is 12.2 Å². The van der Waals surface area contributed by atoms with Gasteiger partial charge in [-0.05, 0) is 53.6 Å². The number of phenols is 1. The van der Waals surface area contributed by atoms with Crippen molar-refractivity contribution in [1.29, 1.82) is 0 Å². The van der Waals surface area contributed by atoms with Gasteiger partial charge in [0.2, 0.25) is 10.0 Å². The van der Waals surface area contributed by atoms with E-state index in [0.717, 1.165) is 28.0 Å². The SMILES string of the molecule is NS(=O)(=O)c1ccc(C2=C(c3ccc(O)cc3)Cc3ccccc3O2)cc1. The lowest BCUT2D eigenvalue weighted by Crippen LogP contribution is -2.12. The van der Waals surface area contributed by atoms with E-state index >= 15 is 0 Å². The van der Waals surface area contributed by atoms with Crippen LogP contribution in [-0.4, -0.2) is 13.5 Å². The number of primary sulfonamides is 1. The van der Waals surface area contributed by atoms with Crippen molar-refractivity contribution in [2.75, 3.05) is 0 Å². The molecule has 3 aromatic carbocycles. The fourth-order valence-corrected chi connectivity index (χ4v) is 3.63. The molecule has 0 aromatic heterocycles. The molecule has 0 aliphatic carbocycles. The van der Waals surface area contributed by atoms with E-state index in [1.165, 1.54) is 12.1 Å². The van der Waals surface area contributed by atoms with Crippen LogP contribution in [0.4, 0.5) is 0 Å². The second kappa shape index (κ2) is 6.57. The van der Waals surface area contributed by atoms with Crippen LogP contribution >= 0.6 is 0 Å². The van der Waals surface area contributed by atoms with E-state index in [-0.39, 0.29) is 10.6 Å². The first-order valence-corrected chi connectivity index (χ1v) is 9.88. The normalized spacial score (nSPS) is 13.8. The average molecular weight is 379 g/mol. The highest BCUT2D eigenvalue weighted by atomic mass is 32.2. The Morgan fingerprint density at radius 1 is 0.852 bits per heavy atom. The topological polar surface area (TPSA) is 89.6 Å². The quantitative estimate of drug-likeness (QED) is 0.728. The van der Waals surface area contributed by atoms with Crippen LogP contribution in [0, 0.1) is 0 Å². The maximum absolute atomic E-state index is 11.5. The molecule has 0 bridgehead atoms. The molecule has 0 radical (unpaired) electrons. The molecule has 0 amide bonds. The maximum Gasteiger partial charge on any atom is 0.238 e. The van der Waals surface area contributed by atoms with Gasteiger partial charge in [0.25, 0.3) is 0 Å². The van der Waals surface area contributed by atoms with Crippen LogP contribution in [0.1, 0.15) is 16.7 Å². The van der Waals surface area contributed by atoms with Crippen molar-refractivity contribution in [3.05, 3.63) is 89.5 Å². The Labute approximate surface area is 157 Å². The van der Waals surface area contributed by atoms with Crippen LogP contribution in [0.15, 0.2) is 77.7 Å². The molecule has 0 atom stereocenters. The zero-order chi connectivity index (χ0) is 19.0. The van der Waals surface area contributed by atoms with Gasteiger partial charge < -0.3 is 9.84 Å². The van der Waals surface area contributed by atoms with Gasteiger partial charge in [0.1, 0.15) is 17.3 Å². The molecule has 3 N–H and O–H groups in total. The molecule has 0 saturated carbocycles. The largest absolute Gasteiger partial charge is 0.508 e. The fourth-order valence-electron chi connectivity index (χ4n) is 3.12. The highest BCUT2D eigenvalue weighted by Crippen LogP contribution is 2.39.